The van der Waals surface area contributed by atoms with Crippen LogP contribution in [0.15, 0.2) is 23.3 Å². The third kappa shape index (κ3) is 2.82. The molecule has 0 aliphatic heterocycles. The van der Waals surface area contributed by atoms with E-state index in [1.165, 1.54) is 37.7 Å². The molecule has 0 heterocycles. The number of hydrogen-bond acceptors (Lipinski definition) is 1. The molecule has 0 bridgehead atoms. The molecule has 0 aromatic rings. The van der Waals surface area contributed by atoms with Gasteiger partial charge in [0.05, 0.1) is 0 Å². The maximum absolute atomic E-state index is 5.55. The molecule has 1 rings (SSSR count). The summed E-state index contributed by atoms with van der Waals surface area (Å²) in [5.74, 6) is 0. The Hall–Kier alpha value is -0.560. The quantitative estimate of drug-likeness (QED) is 0.681. The summed E-state index contributed by atoms with van der Waals surface area (Å²) in [5, 5.41) is 0. The molecule has 1 nitrogen and oxygen atoms in total. The summed E-state index contributed by atoms with van der Waals surface area (Å²) in [5.41, 5.74) is 8.56. The van der Waals surface area contributed by atoms with Crippen LogP contribution in [-0.2, 0) is 0 Å². The van der Waals surface area contributed by atoms with Gasteiger partial charge in [-0.25, -0.2) is 0 Å². The van der Waals surface area contributed by atoms with E-state index in [1.54, 1.807) is 5.57 Å². The summed E-state index contributed by atoms with van der Waals surface area (Å²) in [6.45, 7) is 2.97. The van der Waals surface area contributed by atoms with E-state index in [1.807, 2.05) is 0 Å². The van der Waals surface area contributed by atoms with Crippen molar-refractivity contribution in [2.75, 3.05) is 6.54 Å². The normalized spacial score (nSPS) is 17.2. The second-order valence-corrected chi connectivity index (χ2v) is 3.46. The Bertz CT molecular complexity index is 189. The molecule has 0 atom stereocenters. The second-order valence-electron chi connectivity index (χ2n) is 3.46. The van der Waals surface area contributed by atoms with E-state index in [0.29, 0.717) is 0 Å². The number of rotatable bonds is 4. The van der Waals surface area contributed by atoms with Crippen LogP contribution in [-0.4, -0.2) is 6.54 Å². The lowest BCUT2D eigenvalue weighted by Gasteiger charge is -2.12. The molecule has 0 unspecified atom stereocenters. The Balaban J connectivity index is 2.37. The lowest BCUT2D eigenvalue weighted by molar-refractivity contribution is 0.737. The van der Waals surface area contributed by atoms with E-state index in [0.717, 1.165) is 6.54 Å². The van der Waals surface area contributed by atoms with Crippen LogP contribution in [0.5, 0.6) is 0 Å². The zero-order valence-electron chi connectivity index (χ0n) is 7.97. The summed E-state index contributed by atoms with van der Waals surface area (Å²) in [6.07, 6.45) is 10.8. The van der Waals surface area contributed by atoms with E-state index in [-0.39, 0.29) is 0 Å². The molecule has 12 heavy (non-hydrogen) atoms. The predicted molar refractivity (Wildman–Crippen MR) is 54.0 cm³/mol. The monoisotopic (exact) mass is 165 g/mol. The van der Waals surface area contributed by atoms with E-state index in [2.05, 4.69) is 19.1 Å². The molecule has 0 fully saturated rings. The Morgan fingerprint density at radius 1 is 1.25 bits per heavy atom. The van der Waals surface area contributed by atoms with Gasteiger partial charge >= 0.3 is 0 Å². The van der Waals surface area contributed by atoms with Gasteiger partial charge in [0.15, 0.2) is 0 Å². The summed E-state index contributed by atoms with van der Waals surface area (Å²) < 4.78 is 0. The maximum Gasteiger partial charge on any atom is 0.0140 e. The van der Waals surface area contributed by atoms with Gasteiger partial charge in [-0.2, -0.15) is 0 Å². The van der Waals surface area contributed by atoms with Gasteiger partial charge in [-0.1, -0.05) is 36.6 Å². The Labute approximate surface area is 75.3 Å². The van der Waals surface area contributed by atoms with E-state index >= 15 is 0 Å². The summed E-state index contributed by atoms with van der Waals surface area (Å²) in [4.78, 5) is 0. The fourth-order valence-corrected chi connectivity index (χ4v) is 1.51. The van der Waals surface area contributed by atoms with Crippen LogP contribution in [0.25, 0.3) is 0 Å². The predicted octanol–water partition coefficient (Wildman–Crippen LogP) is 2.78. The van der Waals surface area contributed by atoms with Crippen molar-refractivity contribution < 1.29 is 0 Å². The molecule has 68 valence electrons. The Morgan fingerprint density at radius 2 is 1.92 bits per heavy atom. The van der Waals surface area contributed by atoms with Crippen LogP contribution in [0.3, 0.4) is 0 Å². The van der Waals surface area contributed by atoms with Gasteiger partial charge in [0.25, 0.3) is 0 Å². The van der Waals surface area contributed by atoms with Crippen LogP contribution in [0.4, 0.5) is 0 Å². The SMILES string of the molecule is CCCCC1=CC=C(CN)CC1. The molecule has 0 amide bonds. The van der Waals surface area contributed by atoms with Crippen molar-refractivity contribution in [3.05, 3.63) is 23.3 Å². The fraction of sp³-hybridized carbons (Fsp3) is 0.636. The molecule has 0 radical (unpaired) electrons. The smallest absolute Gasteiger partial charge is 0.0140 e. The minimum Gasteiger partial charge on any atom is -0.327 e. The van der Waals surface area contributed by atoms with Crippen molar-refractivity contribution in [3.63, 3.8) is 0 Å². The Morgan fingerprint density at radius 3 is 2.42 bits per heavy atom. The van der Waals surface area contributed by atoms with E-state index in [4.69, 9.17) is 5.73 Å². The van der Waals surface area contributed by atoms with Crippen molar-refractivity contribution in [2.45, 2.75) is 39.0 Å². The van der Waals surface area contributed by atoms with Crippen molar-refractivity contribution >= 4 is 0 Å². The van der Waals surface area contributed by atoms with Crippen LogP contribution < -0.4 is 5.73 Å². The standard InChI is InChI=1S/C11H19N/c1-2-3-4-10-5-7-11(9-12)8-6-10/h5,7H,2-4,6,8-9,12H2,1H3. The van der Waals surface area contributed by atoms with Gasteiger partial charge in [0.1, 0.15) is 0 Å². The Kier molecular flexibility index (Phi) is 4.09. The zero-order chi connectivity index (χ0) is 8.81. The number of unbranched alkanes of at least 4 members (excludes halogenated alkanes) is 1. The van der Waals surface area contributed by atoms with Crippen molar-refractivity contribution in [3.8, 4) is 0 Å². The average Bonchev–Trinajstić information content (AvgIpc) is 2.15. The third-order valence-electron chi connectivity index (χ3n) is 2.44. The molecule has 1 aliphatic carbocycles. The van der Waals surface area contributed by atoms with Gasteiger partial charge in [-0.15, -0.1) is 0 Å². The highest BCUT2D eigenvalue weighted by Gasteiger charge is 2.03. The largest absolute Gasteiger partial charge is 0.327 e. The molecule has 1 heteroatoms. The molecule has 0 spiro atoms. The number of allylic oxidation sites excluding steroid dienone is 3. The van der Waals surface area contributed by atoms with Crippen LogP contribution >= 0.6 is 0 Å². The summed E-state index contributed by atoms with van der Waals surface area (Å²) in [7, 11) is 0. The first-order valence-corrected chi connectivity index (χ1v) is 4.94. The molecule has 0 saturated carbocycles. The lowest BCUT2D eigenvalue weighted by atomic mass is 9.95. The molecule has 0 aromatic heterocycles. The van der Waals surface area contributed by atoms with Crippen molar-refractivity contribution in [2.24, 2.45) is 5.73 Å². The van der Waals surface area contributed by atoms with Crippen LogP contribution in [0.2, 0.25) is 0 Å². The first-order valence-electron chi connectivity index (χ1n) is 4.94. The topological polar surface area (TPSA) is 26.0 Å². The fourth-order valence-electron chi connectivity index (χ4n) is 1.51. The van der Waals surface area contributed by atoms with Crippen molar-refractivity contribution in [1.82, 2.24) is 0 Å². The van der Waals surface area contributed by atoms with Crippen molar-refractivity contribution in [1.29, 1.82) is 0 Å². The molecule has 0 aromatic carbocycles. The minimum absolute atomic E-state index is 0.734. The van der Waals surface area contributed by atoms with Gasteiger partial charge in [-0.3, -0.25) is 0 Å². The number of nitrogens with two attached hydrogens (primary N) is 1. The first-order chi connectivity index (χ1) is 5.86. The van der Waals surface area contributed by atoms with Crippen LogP contribution in [0, 0.1) is 0 Å². The second kappa shape index (κ2) is 5.15. The van der Waals surface area contributed by atoms with Gasteiger partial charge < -0.3 is 5.73 Å². The zero-order valence-corrected chi connectivity index (χ0v) is 7.97. The molecule has 0 saturated heterocycles. The summed E-state index contributed by atoms with van der Waals surface area (Å²) in [6, 6.07) is 0. The van der Waals surface area contributed by atoms with Gasteiger partial charge in [0, 0.05) is 6.54 Å². The van der Waals surface area contributed by atoms with Crippen LogP contribution in [0.1, 0.15) is 39.0 Å². The highest BCUT2D eigenvalue weighted by atomic mass is 14.5. The molecular formula is C11H19N. The first kappa shape index (κ1) is 9.53. The summed E-state index contributed by atoms with van der Waals surface area (Å²) >= 11 is 0. The third-order valence-corrected chi connectivity index (χ3v) is 2.44. The lowest BCUT2D eigenvalue weighted by Crippen LogP contribution is -2.05. The molecular weight excluding hydrogens is 146 g/mol. The molecule has 1 aliphatic rings. The highest BCUT2D eigenvalue weighted by Crippen LogP contribution is 2.21. The minimum atomic E-state index is 0.734. The van der Waals surface area contributed by atoms with E-state index < -0.39 is 0 Å². The molecule has 2 N–H and O–H groups in total. The maximum atomic E-state index is 5.55. The highest BCUT2D eigenvalue weighted by molar-refractivity contribution is 5.24. The van der Waals surface area contributed by atoms with Gasteiger partial charge in [0.2, 0.25) is 0 Å². The van der Waals surface area contributed by atoms with Gasteiger partial charge in [-0.05, 0) is 25.7 Å². The average molecular weight is 165 g/mol. The van der Waals surface area contributed by atoms with E-state index in [9.17, 15) is 0 Å². The number of hydrogen-bond donors (Lipinski definition) is 1.